The summed E-state index contributed by atoms with van der Waals surface area (Å²) in [7, 11) is 1.77. The third-order valence-electron chi connectivity index (χ3n) is 6.62. The summed E-state index contributed by atoms with van der Waals surface area (Å²) in [5.74, 6) is 0.800. The summed E-state index contributed by atoms with van der Waals surface area (Å²) in [4.78, 5) is 29.3. The number of benzene rings is 2. The van der Waals surface area contributed by atoms with Crippen molar-refractivity contribution in [3.8, 4) is 11.1 Å². The Balaban J connectivity index is 1.18. The number of hydrogen-bond acceptors (Lipinski definition) is 7. The van der Waals surface area contributed by atoms with Crippen molar-refractivity contribution < 1.29 is 23.8 Å². The minimum Gasteiger partial charge on any atom is -0.455 e. The highest BCUT2D eigenvalue weighted by Gasteiger charge is 2.24. The molecule has 1 fully saturated rings. The van der Waals surface area contributed by atoms with Gasteiger partial charge in [-0.15, -0.1) is 0 Å². The Morgan fingerprint density at radius 1 is 1.05 bits per heavy atom. The molecular formula is C29H36N4O5. The third-order valence-corrected chi connectivity index (χ3v) is 6.62. The molecule has 3 N–H and O–H groups in total. The molecule has 0 radical (unpaired) electrons. The van der Waals surface area contributed by atoms with Gasteiger partial charge in [0.15, 0.2) is 5.76 Å². The molecule has 0 aliphatic carbocycles. The molecule has 1 aliphatic rings. The van der Waals surface area contributed by atoms with Crippen molar-refractivity contribution in [2.45, 2.75) is 25.5 Å². The molecule has 202 valence electrons. The number of amides is 2. The highest BCUT2D eigenvalue weighted by Crippen LogP contribution is 2.28. The summed E-state index contributed by atoms with van der Waals surface area (Å²) in [6.07, 6.45) is 0.902. The number of ether oxygens (including phenoxy) is 1. The Bertz CT molecular complexity index is 1170. The molecule has 1 aliphatic heterocycles. The first-order valence-corrected chi connectivity index (χ1v) is 13.0. The molecule has 0 unspecified atom stereocenters. The first kappa shape index (κ1) is 27.4. The van der Waals surface area contributed by atoms with Gasteiger partial charge in [-0.3, -0.25) is 10.1 Å². The summed E-state index contributed by atoms with van der Waals surface area (Å²) in [5, 5.41) is 14.8. The number of piperidine rings is 1. The molecule has 2 amide bonds. The van der Waals surface area contributed by atoms with Crippen LogP contribution in [0.4, 0.5) is 10.5 Å². The maximum atomic E-state index is 12.7. The topological polar surface area (TPSA) is 107 Å². The Morgan fingerprint density at radius 3 is 2.55 bits per heavy atom. The van der Waals surface area contributed by atoms with Crippen LogP contribution in [0.2, 0.25) is 0 Å². The number of furan rings is 1. The van der Waals surface area contributed by atoms with Crippen LogP contribution in [0, 0.1) is 0 Å². The second-order valence-electron chi connectivity index (χ2n) is 9.38. The Morgan fingerprint density at radius 2 is 1.79 bits per heavy atom. The van der Waals surface area contributed by atoms with Crippen LogP contribution in [-0.2, 0) is 11.3 Å². The predicted octanol–water partition coefficient (Wildman–Crippen LogP) is 3.81. The highest BCUT2D eigenvalue weighted by atomic mass is 16.6. The molecule has 2 heterocycles. The smallest absolute Gasteiger partial charge is 0.411 e. The van der Waals surface area contributed by atoms with E-state index in [0.717, 1.165) is 49.3 Å². The molecule has 0 atom stereocenters. The number of anilines is 1. The number of carbonyl (C=O) groups excluding carboxylic acids is 2. The number of aliphatic hydroxyl groups excluding tert-OH is 1. The van der Waals surface area contributed by atoms with E-state index in [1.807, 2.05) is 54.6 Å². The number of nitrogens with zero attached hydrogens (tertiary/aromatic N) is 2. The van der Waals surface area contributed by atoms with Crippen molar-refractivity contribution in [2.75, 3.05) is 51.7 Å². The van der Waals surface area contributed by atoms with E-state index in [4.69, 9.17) is 14.3 Å². The fourth-order valence-corrected chi connectivity index (χ4v) is 4.46. The van der Waals surface area contributed by atoms with Gasteiger partial charge < -0.3 is 29.4 Å². The summed E-state index contributed by atoms with van der Waals surface area (Å²) >= 11 is 0. The van der Waals surface area contributed by atoms with E-state index in [9.17, 15) is 9.59 Å². The lowest BCUT2D eigenvalue weighted by atomic mass is 10.0. The van der Waals surface area contributed by atoms with E-state index in [1.165, 1.54) is 0 Å². The van der Waals surface area contributed by atoms with E-state index in [0.29, 0.717) is 31.2 Å². The van der Waals surface area contributed by atoms with Gasteiger partial charge in [0.05, 0.1) is 18.8 Å². The molecule has 9 nitrogen and oxygen atoms in total. The van der Waals surface area contributed by atoms with Gasteiger partial charge in [0.25, 0.3) is 5.91 Å². The number of hydrogen-bond donors (Lipinski definition) is 3. The van der Waals surface area contributed by atoms with E-state index < -0.39 is 6.09 Å². The van der Waals surface area contributed by atoms with Crippen LogP contribution in [0.3, 0.4) is 0 Å². The number of aliphatic hydroxyl groups is 1. The second kappa shape index (κ2) is 13.8. The second-order valence-corrected chi connectivity index (χ2v) is 9.38. The molecular weight excluding hydrogens is 484 g/mol. The van der Waals surface area contributed by atoms with Gasteiger partial charge in [-0.1, -0.05) is 48.5 Å². The summed E-state index contributed by atoms with van der Waals surface area (Å²) in [6.45, 7) is 3.88. The molecule has 3 aromatic rings. The highest BCUT2D eigenvalue weighted by molar-refractivity contribution is 5.92. The van der Waals surface area contributed by atoms with Crippen LogP contribution in [0.1, 0.15) is 29.2 Å². The average Bonchev–Trinajstić information content (AvgIpc) is 3.42. The summed E-state index contributed by atoms with van der Waals surface area (Å²) in [5.41, 5.74) is 2.70. The van der Waals surface area contributed by atoms with Crippen molar-refractivity contribution in [1.82, 2.24) is 15.1 Å². The van der Waals surface area contributed by atoms with Gasteiger partial charge in [0.1, 0.15) is 11.9 Å². The van der Waals surface area contributed by atoms with Gasteiger partial charge in [-0.05, 0) is 36.6 Å². The summed E-state index contributed by atoms with van der Waals surface area (Å²) in [6, 6.07) is 21.1. The van der Waals surface area contributed by atoms with E-state index >= 15 is 0 Å². The number of para-hydroxylation sites is 1. The molecule has 0 spiro atoms. The van der Waals surface area contributed by atoms with Crippen molar-refractivity contribution >= 4 is 17.7 Å². The van der Waals surface area contributed by atoms with Crippen LogP contribution in [-0.4, -0.2) is 79.4 Å². The minimum atomic E-state index is -0.443. The van der Waals surface area contributed by atoms with Crippen LogP contribution in [0.25, 0.3) is 11.1 Å². The summed E-state index contributed by atoms with van der Waals surface area (Å²) < 4.78 is 11.3. The van der Waals surface area contributed by atoms with Crippen LogP contribution in [0.15, 0.2) is 71.1 Å². The zero-order chi connectivity index (χ0) is 26.7. The molecule has 2 aromatic carbocycles. The zero-order valence-corrected chi connectivity index (χ0v) is 21.8. The van der Waals surface area contributed by atoms with Gasteiger partial charge in [-0.2, -0.15) is 0 Å². The van der Waals surface area contributed by atoms with E-state index in [1.54, 1.807) is 24.1 Å². The van der Waals surface area contributed by atoms with E-state index in [2.05, 4.69) is 15.5 Å². The van der Waals surface area contributed by atoms with Gasteiger partial charge in [0, 0.05) is 45.3 Å². The fourth-order valence-electron chi connectivity index (χ4n) is 4.46. The third kappa shape index (κ3) is 7.67. The first-order chi connectivity index (χ1) is 18.5. The Hall–Kier alpha value is -3.66. The first-order valence-electron chi connectivity index (χ1n) is 13.0. The molecule has 9 heteroatoms. The zero-order valence-electron chi connectivity index (χ0n) is 21.8. The van der Waals surface area contributed by atoms with Gasteiger partial charge >= 0.3 is 6.09 Å². The lowest BCUT2D eigenvalue weighted by molar-refractivity contribution is 0.0534. The molecule has 1 aromatic heterocycles. The standard InChI is InChI=1S/C29H36N4O5/c1-32(28(35)27-12-11-24(37-27)21-30-15-20-34)18-19-33-16-13-23(14-17-33)38-29(36)31-26-10-6-5-9-25(26)22-7-3-2-4-8-22/h2-12,23,30,34H,13-21H2,1H3,(H,31,36). The normalized spacial score (nSPS) is 14.3. The quantitative estimate of drug-likeness (QED) is 0.330. The number of likely N-dealkylation sites (tertiary alicyclic amines) is 1. The van der Waals surface area contributed by atoms with Crippen molar-refractivity contribution in [3.05, 3.63) is 78.3 Å². The SMILES string of the molecule is CN(CCN1CCC(OC(=O)Nc2ccccc2-c2ccccc2)CC1)C(=O)c1ccc(CNCCO)o1. The van der Waals surface area contributed by atoms with Crippen molar-refractivity contribution in [1.29, 1.82) is 0 Å². The fraction of sp³-hybridized carbons (Fsp3) is 0.379. The number of nitrogens with one attached hydrogen (secondary N) is 2. The van der Waals surface area contributed by atoms with Crippen LogP contribution < -0.4 is 10.6 Å². The minimum absolute atomic E-state index is 0.0507. The molecule has 38 heavy (non-hydrogen) atoms. The van der Waals surface area contributed by atoms with Gasteiger partial charge in [-0.25, -0.2) is 4.79 Å². The number of carbonyl (C=O) groups is 2. The lowest BCUT2D eigenvalue weighted by Crippen LogP contribution is -2.42. The Kier molecular flexibility index (Phi) is 9.91. The maximum absolute atomic E-state index is 12.7. The number of likely N-dealkylation sites (N-methyl/N-ethyl adjacent to an activating group) is 1. The molecule has 4 rings (SSSR count). The predicted molar refractivity (Wildman–Crippen MR) is 146 cm³/mol. The molecule has 0 saturated carbocycles. The Labute approximate surface area is 223 Å². The molecule has 0 bridgehead atoms. The van der Waals surface area contributed by atoms with Gasteiger partial charge in [0.2, 0.25) is 0 Å². The van der Waals surface area contributed by atoms with Crippen molar-refractivity contribution in [2.24, 2.45) is 0 Å². The molecule has 1 saturated heterocycles. The number of rotatable bonds is 11. The monoisotopic (exact) mass is 520 g/mol. The average molecular weight is 521 g/mol. The lowest BCUT2D eigenvalue weighted by Gasteiger charge is -2.32. The maximum Gasteiger partial charge on any atom is 0.411 e. The van der Waals surface area contributed by atoms with Crippen LogP contribution in [0.5, 0.6) is 0 Å². The van der Waals surface area contributed by atoms with Crippen molar-refractivity contribution in [3.63, 3.8) is 0 Å². The largest absolute Gasteiger partial charge is 0.455 e. The van der Waals surface area contributed by atoms with Crippen LogP contribution >= 0.6 is 0 Å². The van der Waals surface area contributed by atoms with E-state index in [-0.39, 0.29) is 18.6 Å².